The van der Waals surface area contributed by atoms with Gasteiger partial charge in [-0.25, -0.2) is 0 Å². The number of likely N-dealkylation sites (N-methyl/N-ethyl adjacent to an activating group) is 1. The molecule has 2 fully saturated rings. The van der Waals surface area contributed by atoms with Crippen molar-refractivity contribution in [2.45, 2.75) is 50.0 Å². The molecule has 2 bridgehead atoms. The molecule has 1 aromatic carbocycles. The lowest BCUT2D eigenvalue weighted by molar-refractivity contribution is 0.00289. The van der Waals surface area contributed by atoms with Crippen LogP contribution in [0.1, 0.15) is 43.2 Å². The van der Waals surface area contributed by atoms with Crippen LogP contribution in [0.15, 0.2) is 18.2 Å². The van der Waals surface area contributed by atoms with Gasteiger partial charge in [-0.1, -0.05) is 18.9 Å². The first-order valence-corrected chi connectivity index (χ1v) is 8.63. The van der Waals surface area contributed by atoms with Crippen molar-refractivity contribution in [3.63, 3.8) is 0 Å². The molecule has 0 aromatic heterocycles. The highest BCUT2D eigenvalue weighted by atomic mass is 15.2. The standard InChI is InChI=1S/C19H28N2/c1-20(2)15-8-7-14-12-18-16-6-4-5-9-19(16,17(14)13-15)10-11-21(18)3/h7-8,13,16,18H,4-6,9-12H2,1-3H3/t16-,18-,19-/m1/s1. The van der Waals surface area contributed by atoms with Gasteiger partial charge in [0, 0.05) is 31.2 Å². The monoisotopic (exact) mass is 284 g/mol. The molecule has 4 rings (SSSR count). The van der Waals surface area contributed by atoms with Gasteiger partial charge in [-0.2, -0.15) is 0 Å². The fourth-order valence-electron chi connectivity index (χ4n) is 5.46. The number of hydrogen-bond acceptors (Lipinski definition) is 2. The predicted molar refractivity (Wildman–Crippen MR) is 89.1 cm³/mol. The van der Waals surface area contributed by atoms with E-state index >= 15 is 0 Å². The zero-order chi connectivity index (χ0) is 14.6. The van der Waals surface area contributed by atoms with E-state index in [0.29, 0.717) is 5.41 Å². The average Bonchev–Trinajstić information content (AvgIpc) is 2.50. The third kappa shape index (κ3) is 1.88. The van der Waals surface area contributed by atoms with Crippen LogP contribution in [-0.2, 0) is 11.8 Å². The topological polar surface area (TPSA) is 6.48 Å². The molecule has 0 N–H and O–H groups in total. The maximum absolute atomic E-state index is 2.65. The summed E-state index contributed by atoms with van der Waals surface area (Å²) in [5.41, 5.74) is 5.22. The molecule has 1 aromatic rings. The van der Waals surface area contributed by atoms with Gasteiger partial charge in [0.25, 0.3) is 0 Å². The number of hydrogen-bond donors (Lipinski definition) is 0. The highest BCUT2D eigenvalue weighted by molar-refractivity contribution is 5.54. The number of anilines is 1. The largest absolute Gasteiger partial charge is 0.378 e. The smallest absolute Gasteiger partial charge is 0.0364 e. The van der Waals surface area contributed by atoms with Crippen LogP contribution in [0.4, 0.5) is 5.69 Å². The normalized spacial score (nSPS) is 35.0. The Balaban J connectivity index is 1.87. The summed E-state index contributed by atoms with van der Waals surface area (Å²) in [6, 6.07) is 8.05. The van der Waals surface area contributed by atoms with Crippen LogP contribution in [-0.4, -0.2) is 38.6 Å². The SMILES string of the molecule is CN(C)c1ccc2c(c1)[C@@]13CCCC[C@@H]1[C@@H](C2)N(C)CC3. The molecular weight excluding hydrogens is 256 g/mol. The molecule has 114 valence electrons. The molecule has 2 heteroatoms. The molecule has 21 heavy (non-hydrogen) atoms. The molecule has 3 aliphatic rings. The first-order chi connectivity index (χ1) is 10.1. The molecule has 3 atom stereocenters. The minimum Gasteiger partial charge on any atom is -0.378 e. The highest BCUT2D eigenvalue weighted by Crippen LogP contribution is 2.55. The summed E-state index contributed by atoms with van der Waals surface area (Å²) in [7, 11) is 6.68. The predicted octanol–water partition coefficient (Wildman–Crippen LogP) is 3.44. The third-order valence-electron chi connectivity index (χ3n) is 6.61. The first kappa shape index (κ1) is 13.6. The molecule has 0 spiro atoms. The van der Waals surface area contributed by atoms with E-state index in [2.05, 4.69) is 49.1 Å². The lowest BCUT2D eigenvalue weighted by Crippen LogP contribution is -2.59. The lowest BCUT2D eigenvalue weighted by atomic mass is 9.52. The molecule has 1 saturated heterocycles. The number of piperidine rings is 1. The van der Waals surface area contributed by atoms with Gasteiger partial charge in [-0.05, 0) is 68.5 Å². The third-order valence-corrected chi connectivity index (χ3v) is 6.61. The van der Waals surface area contributed by atoms with Gasteiger partial charge in [0.2, 0.25) is 0 Å². The molecule has 1 aliphatic heterocycles. The zero-order valence-electron chi connectivity index (χ0n) is 13.7. The van der Waals surface area contributed by atoms with Gasteiger partial charge in [-0.3, -0.25) is 0 Å². The van der Waals surface area contributed by atoms with E-state index in [0.717, 1.165) is 12.0 Å². The Morgan fingerprint density at radius 2 is 2.05 bits per heavy atom. The van der Waals surface area contributed by atoms with Crippen LogP contribution in [0.5, 0.6) is 0 Å². The number of benzene rings is 1. The van der Waals surface area contributed by atoms with Crippen molar-refractivity contribution < 1.29 is 0 Å². The van der Waals surface area contributed by atoms with Crippen molar-refractivity contribution in [3.8, 4) is 0 Å². The van der Waals surface area contributed by atoms with Crippen LogP contribution in [0.25, 0.3) is 0 Å². The molecule has 0 amide bonds. The van der Waals surface area contributed by atoms with Gasteiger partial charge in [-0.15, -0.1) is 0 Å². The maximum atomic E-state index is 2.65. The van der Waals surface area contributed by atoms with E-state index in [1.54, 1.807) is 11.1 Å². The zero-order valence-corrected chi connectivity index (χ0v) is 13.7. The van der Waals surface area contributed by atoms with E-state index < -0.39 is 0 Å². The van der Waals surface area contributed by atoms with Gasteiger partial charge in [0.15, 0.2) is 0 Å². The Kier molecular flexibility index (Phi) is 3.08. The van der Waals surface area contributed by atoms with Gasteiger partial charge >= 0.3 is 0 Å². The minimum absolute atomic E-state index is 0.495. The van der Waals surface area contributed by atoms with Gasteiger partial charge < -0.3 is 9.80 Å². The van der Waals surface area contributed by atoms with Gasteiger partial charge in [0.1, 0.15) is 0 Å². The maximum Gasteiger partial charge on any atom is 0.0364 e. The van der Waals surface area contributed by atoms with Crippen molar-refractivity contribution in [3.05, 3.63) is 29.3 Å². The minimum atomic E-state index is 0.495. The molecular formula is C19H28N2. The summed E-state index contributed by atoms with van der Waals surface area (Å²) < 4.78 is 0. The first-order valence-electron chi connectivity index (χ1n) is 8.63. The van der Waals surface area contributed by atoms with Crippen molar-refractivity contribution >= 4 is 5.69 Å². The van der Waals surface area contributed by atoms with Crippen LogP contribution < -0.4 is 4.90 Å². The number of fused-ring (bicyclic) bond motifs is 1. The molecule has 1 saturated carbocycles. The Morgan fingerprint density at radius 1 is 1.19 bits per heavy atom. The second-order valence-electron chi connectivity index (χ2n) is 7.75. The van der Waals surface area contributed by atoms with Crippen molar-refractivity contribution in [2.75, 3.05) is 32.6 Å². The second kappa shape index (κ2) is 4.74. The fourth-order valence-corrected chi connectivity index (χ4v) is 5.46. The number of nitrogens with zero attached hydrogens (tertiary/aromatic N) is 2. The Hall–Kier alpha value is -1.02. The number of rotatable bonds is 1. The summed E-state index contributed by atoms with van der Waals surface area (Å²) in [4.78, 5) is 4.91. The summed E-state index contributed by atoms with van der Waals surface area (Å²) >= 11 is 0. The van der Waals surface area contributed by atoms with Crippen LogP contribution in [0.3, 0.4) is 0 Å². The van der Waals surface area contributed by atoms with Gasteiger partial charge in [0.05, 0.1) is 0 Å². The highest BCUT2D eigenvalue weighted by Gasteiger charge is 2.52. The molecule has 0 unspecified atom stereocenters. The summed E-state index contributed by atoms with van der Waals surface area (Å²) in [6.45, 7) is 1.28. The average molecular weight is 284 g/mol. The quantitative estimate of drug-likeness (QED) is 0.779. The number of likely N-dealkylation sites (tertiary alicyclic amines) is 1. The Bertz CT molecular complexity index is 550. The van der Waals surface area contributed by atoms with Crippen LogP contribution >= 0.6 is 0 Å². The molecule has 2 aliphatic carbocycles. The van der Waals surface area contributed by atoms with E-state index in [4.69, 9.17) is 0 Å². The lowest BCUT2D eigenvalue weighted by Gasteiger charge is -2.58. The van der Waals surface area contributed by atoms with E-state index in [1.165, 1.54) is 50.8 Å². The van der Waals surface area contributed by atoms with Crippen LogP contribution in [0, 0.1) is 5.92 Å². The Morgan fingerprint density at radius 3 is 2.86 bits per heavy atom. The van der Waals surface area contributed by atoms with Crippen molar-refractivity contribution in [1.82, 2.24) is 4.90 Å². The summed E-state index contributed by atoms with van der Waals surface area (Å²) in [5, 5.41) is 0. The Labute approximate surface area is 129 Å². The molecule has 1 heterocycles. The second-order valence-corrected chi connectivity index (χ2v) is 7.75. The van der Waals surface area contributed by atoms with E-state index in [-0.39, 0.29) is 0 Å². The van der Waals surface area contributed by atoms with Crippen LogP contribution in [0.2, 0.25) is 0 Å². The van der Waals surface area contributed by atoms with Crippen molar-refractivity contribution in [1.29, 1.82) is 0 Å². The molecule has 2 nitrogen and oxygen atoms in total. The summed E-state index contributed by atoms with van der Waals surface area (Å²) in [5.74, 6) is 0.898. The fraction of sp³-hybridized carbons (Fsp3) is 0.684. The summed E-state index contributed by atoms with van der Waals surface area (Å²) in [6.07, 6.45) is 8.38. The van der Waals surface area contributed by atoms with E-state index in [9.17, 15) is 0 Å². The van der Waals surface area contributed by atoms with Crippen molar-refractivity contribution in [2.24, 2.45) is 5.92 Å². The van der Waals surface area contributed by atoms with E-state index in [1.807, 2.05) is 0 Å². The molecule has 0 radical (unpaired) electrons.